The Morgan fingerprint density at radius 1 is 1.37 bits per heavy atom. The van der Waals surface area contributed by atoms with Gasteiger partial charge in [0.1, 0.15) is 0 Å². The Labute approximate surface area is 114 Å². The van der Waals surface area contributed by atoms with Gasteiger partial charge in [-0.25, -0.2) is 4.39 Å². The fourth-order valence-electron chi connectivity index (χ4n) is 2.60. The Bertz CT molecular complexity index is 411. The van der Waals surface area contributed by atoms with Gasteiger partial charge in [-0.1, -0.05) is 6.92 Å². The monoisotopic (exact) mass is 266 g/mol. The van der Waals surface area contributed by atoms with Crippen LogP contribution in [0.4, 0.5) is 10.1 Å². The summed E-state index contributed by atoms with van der Waals surface area (Å²) in [4.78, 5) is 2.48. The summed E-state index contributed by atoms with van der Waals surface area (Å²) in [5.74, 6) is -0.0140. The average Bonchev–Trinajstić information content (AvgIpc) is 2.66. The first-order chi connectivity index (χ1) is 9.22. The Morgan fingerprint density at radius 2 is 2.21 bits per heavy atom. The minimum Gasteiger partial charge on any atom is -0.494 e. The fraction of sp³-hybridized carbons (Fsp3) is 0.600. The van der Waals surface area contributed by atoms with E-state index in [-0.39, 0.29) is 5.82 Å². The number of hydrogen-bond donors (Lipinski definition) is 1. The van der Waals surface area contributed by atoms with Crippen LogP contribution in [0.5, 0.6) is 5.75 Å². The molecule has 0 saturated carbocycles. The predicted molar refractivity (Wildman–Crippen MR) is 76.3 cm³/mol. The van der Waals surface area contributed by atoms with Gasteiger partial charge in [0.15, 0.2) is 11.6 Å². The number of rotatable bonds is 4. The van der Waals surface area contributed by atoms with Gasteiger partial charge < -0.3 is 15.0 Å². The van der Waals surface area contributed by atoms with Crippen LogP contribution in [-0.2, 0) is 0 Å². The molecule has 1 N–H and O–H groups in total. The molecule has 19 heavy (non-hydrogen) atoms. The molecule has 106 valence electrons. The molecule has 1 aromatic rings. The van der Waals surface area contributed by atoms with Crippen LogP contribution in [0.15, 0.2) is 18.2 Å². The van der Waals surface area contributed by atoms with Crippen LogP contribution < -0.4 is 10.1 Å². The molecule has 0 amide bonds. The van der Waals surface area contributed by atoms with Crippen LogP contribution in [0, 0.1) is 5.82 Å². The molecular formula is C15H23FN2O. The molecule has 1 aromatic carbocycles. The molecular weight excluding hydrogens is 243 g/mol. The number of ether oxygens (including phenoxy) is 1. The topological polar surface area (TPSA) is 24.5 Å². The highest BCUT2D eigenvalue weighted by molar-refractivity contribution is 5.49. The molecule has 0 spiro atoms. The Kier molecular flexibility index (Phi) is 5.02. The minimum atomic E-state index is -0.314. The summed E-state index contributed by atoms with van der Waals surface area (Å²) in [5.41, 5.74) is 0.938. The van der Waals surface area contributed by atoms with E-state index in [0.29, 0.717) is 11.8 Å². The summed E-state index contributed by atoms with van der Waals surface area (Å²) in [6, 6.07) is 5.43. The zero-order chi connectivity index (χ0) is 13.7. The number of methoxy groups -OCH3 is 1. The van der Waals surface area contributed by atoms with Gasteiger partial charge in [0.05, 0.1) is 7.11 Å². The number of nitrogens with zero attached hydrogens (tertiary/aromatic N) is 1. The molecule has 1 aliphatic heterocycles. The van der Waals surface area contributed by atoms with Crippen molar-refractivity contribution in [2.75, 3.05) is 32.1 Å². The van der Waals surface area contributed by atoms with Crippen molar-refractivity contribution in [2.24, 2.45) is 0 Å². The molecule has 3 nitrogen and oxygen atoms in total. The number of anilines is 1. The second-order valence-electron chi connectivity index (χ2n) is 5.06. The second kappa shape index (κ2) is 6.75. The van der Waals surface area contributed by atoms with Gasteiger partial charge in [0.2, 0.25) is 0 Å². The molecule has 0 bridgehead atoms. The number of likely N-dealkylation sites (tertiary alicyclic amines) is 1. The van der Waals surface area contributed by atoms with E-state index in [1.165, 1.54) is 26.1 Å². The third-order valence-corrected chi connectivity index (χ3v) is 3.79. The van der Waals surface area contributed by atoms with Crippen molar-refractivity contribution in [1.82, 2.24) is 4.90 Å². The lowest BCUT2D eigenvalue weighted by molar-refractivity contribution is 0.300. The zero-order valence-electron chi connectivity index (χ0n) is 11.8. The quantitative estimate of drug-likeness (QED) is 0.906. The van der Waals surface area contributed by atoms with Crippen LogP contribution in [0.25, 0.3) is 0 Å². The van der Waals surface area contributed by atoms with E-state index >= 15 is 0 Å². The van der Waals surface area contributed by atoms with Crippen LogP contribution in [0.2, 0.25) is 0 Å². The summed E-state index contributed by atoms with van der Waals surface area (Å²) < 4.78 is 18.4. The van der Waals surface area contributed by atoms with Crippen LogP contribution in [-0.4, -0.2) is 37.7 Å². The molecule has 1 atom stereocenters. The Morgan fingerprint density at radius 3 is 2.95 bits per heavy atom. The maximum atomic E-state index is 13.4. The lowest BCUT2D eigenvalue weighted by Gasteiger charge is -2.19. The zero-order valence-corrected chi connectivity index (χ0v) is 11.8. The number of hydrogen-bond acceptors (Lipinski definition) is 3. The summed E-state index contributed by atoms with van der Waals surface area (Å²) in [6.07, 6.45) is 3.51. The van der Waals surface area contributed by atoms with E-state index in [1.54, 1.807) is 12.1 Å². The summed E-state index contributed by atoms with van der Waals surface area (Å²) >= 11 is 0. The predicted octanol–water partition coefficient (Wildman–Crippen LogP) is 3.12. The molecule has 0 aliphatic carbocycles. The van der Waals surface area contributed by atoms with E-state index in [2.05, 4.69) is 17.1 Å². The Hall–Kier alpha value is -1.29. The number of benzene rings is 1. The van der Waals surface area contributed by atoms with Gasteiger partial charge in [-0.05, 0) is 44.5 Å². The second-order valence-corrected chi connectivity index (χ2v) is 5.06. The molecule has 4 heteroatoms. The van der Waals surface area contributed by atoms with Gasteiger partial charge in [-0.2, -0.15) is 0 Å². The van der Waals surface area contributed by atoms with Gasteiger partial charge in [0, 0.05) is 24.3 Å². The molecule has 0 aromatic heterocycles. The van der Waals surface area contributed by atoms with Crippen LogP contribution in [0.3, 0.4) is 0 Å². The molecule has 1 saturated heterocycles. The first-order valence-electron chi connectivity index (χ1n) is 7.05. The van der Waals surface area contributed by atoms with Crippen molar-refractivity contribution in [3.05, 3.63) is 24.0 Å². The van der Waals surface area contributed by atoms with Crippen molar-refractivity contribution >= 4 is 5.69 Å². The molecule has 1 heterocycles. The lowest BCUT2D eigenvalue weighted by Crippen LogP contribution is -2.26. The summed E-state index contributed by atoms with van der Waals surface area (Å²) in [6.45, 7) is 5.64. The van der Waals surface area contributed by atoms with Gasteiger partial charge in [0.25, 0.3) is 0 Å². The summed E-state index contributed by atoms with van der Waals surface area (Å²) in [5, 5.41) is 3.49. The van der Waals surface area contributed by atoms with Crippen molar-refractivity contribution in [2.45, 2.75) is 32.2 Å². The molecule has 1 unspecified atom stereocenters. The Balaban J connectivity index is 1.97. The van der Waals surface area contributed by atoms with Crippen molar-refractivity contribution in [1.29, 1.82) is 0 Å². The van der Waals surface area contributed by atoms with Gasteiger partial charge >= 0.3 is 0 Å². The smallest absolute Gasteiger partial charge is 0.165 e. The average molecular weight is 266 g/mol. The fourth-order valence-corrected chi connectivity index (χ4v) is 2.60. The molecule has 1 aliphatic rings. The molecule has 2 rings (SSSR count). The highest BCUT2D eigenvalue weighted by atomic mass is 19.1. The third-order valence-electron chi connectivity index (χ3n) is 3.79. The van der Waals surface area contributed by atoms with Crippen molar-refractivity contribution in [3.8, 4) is 5.75 Å². The largest absolute Gasteiger partial charge is 0.494 e. The van der Waals surface area contributed by atoms with Crippen LogP contribution >= 0.6 is 0 Å². The van der Waals surface area contributed by atoms with E-state index in [9.17, 15) is 4.39 Å². The normalized spacial score (nSPS) is 20.9. The number of halogens is 1. The van der Waals surface area contributed by atoms with E-state index in [4.69, 9.17) is 4.74 Å². The van der Waals surface area contributed by atoms with Gasteiger partial charge in [-0.15, -0.1) is 0 Å². The molecule has 0 radical (unpaired) electrons. The highest BCUT2D eigenvalue weighted by Crippen LogP contribution is 2.23. The standard InChI is InChI=1S/C15H23FN2O/c1-3-18-9-4-5-12(8-10-18)17-13-6-7-14(16)15(11-13)19-2/h6-7,11-12,17H,3-5,8-10H2,1-2H3. The highest BCUT2D eigenvalue weighted by Gasteiger charge is 2.16. The minimum absolute atomic E-state index is 0.300. The third kappa shape index (κ3) is 3.83. The van der Waals surface area contributed by atoms with E-state index in [0.717, 1.165) is 31.6 Å². The van der Waals surface area contributed by atoms with Crippen LogP contribution in [0.1, 0.15) is 26.2 Å². The molecule has 1 fully saturated rings. The maximum Gasteiger partial charge on any atom is 0.165 e. The first-order valence-corrected chi connectivity index (χ1v) is 7.05. The number of nitrogens with one attached hydrogen (secondary N) is 1. The van der Waals surface area contributed by atoms with Gasteiger partial charge in [-0.3, -0.25) is 0 Å². The van der Waals surface area contributed by atoms with Crippen molar-refractivity contribution < 1.29 is 9.13 Å². The first kappa shape index (κ1) is 14.1. The van der Waals surface area contributed by atoms with Crippen molar-refractivity contribution in [3.63, 3.8) is 0 Å². The van der Waals surface area contributed by atoms with E-state index in [1.807, 2.05) is 0 Å². The lowest BCUT2D eigenvalue weighted by atomic mass is 10.1. The SMILES string of the molecule is CCN1CCCC(Nc2ccc(F)c(OC)c2)CC1. The van der Waals surface area contributed by atoms with E-state index < -0.39 is 0 Å². The maximum absolute atomic E-state index is 13.4. The summed E-state index contributed by atoms with van der Waals surface area (Å²) in [7, 11) is 1.49.